The van der Waals surface area contributed by atoms with Crippen molar-refractivity contribution in [3.8, 4) is 22.3 Å². The van der Waals surface area contributed by atoms with Crippen LogP contribution in [0.4, 0.5) is 5.69 Å². The molecule has 23 heavy (non-hydrogen) atoms. The zero-order valence-corrected chi connectivity index (χ0v) is 12.8. The van der Waals surface area contributed by atoms with Crippen molar-refractivity contribution in [2.45, 2.75) is 6.61 Å². The maximum absolute atomic E-state index is 11.5. The lowest BCUT2D eigenvalue weighted by Crippen LogP contribution is -2.25. The second-order valence-electron chi connectivity index (χ2n) is 4.88. The van der Waals surface area contributed by atoms with Crippen molar-refractivity contribution in [1.82, 2.24) is 4.98 Å². The molecule has 1 aromatic carbocycles. The molecule has 0 saturated heterocycles. The number of hydrogen-bond acceptors (Lipinski definition) is 6. The van der Waals surface area contributed by atoms with E-state index < -0.39 is 0 Å². The van der Waals surface area contributed by atoms with E-state index in [9.17, 15) is 4.79 Å². The van der Waals surface area contributed by atoms with Crippen molar-refractivity contribution >= 4 is 22.9 Å². The first kappa shape index (κ1) is 13.8. The highest BCUT2D eigenvalue weighted by Gasteiger charge is 2.20. The molecule has 0 radical (unpaired) electrons. The average molecular weight is 328 g/mol. The van der Waals surface area contributed by atoms with Gasteiger partial charge in [-0.2, -0.15) is 0 Å². The summed E-state index contributed by atoms with van der Waals surface area (Å²) < 4.78 is 16.5. The number of rotatable bonds is 4. The fourth-order valence-corrected chi connectivity index (χ4v) is 3.00. The fourth-order valence-electron chi connectivity index (χ4n) is 2.23. The Balaban J connectivity index is 1.51. The number of aromatic nitrogens is 1. The number of anilines is 1. The van der Waals surface area contributed by atoms with Crippen LogP contribution in [0.1, 0.15) is 5.69 Å². The molecule has 3 aromatic rings. The molecule has 3 heterocycles. The number of furan rings is 1. The van der Waals surface area contributed by atoms with Crippen LogP contribution in [0, 0.1) is 0 Å². The molecule has 0 unspecified atom stereocenters. The number of thiazole rings is 1. The van der Waals surface area contributed by atoms with E-state index >= 15 is 0 Å². The Morgan fingerprint density at radius 2 is 2.26 bits per heavy atom. The van der Waals surface area contributed by atoms with Gasteiger partial charge in [0.2, 0.25) is 0 Å². The van der Waals surface area contributed by atoms with E-state index in [0.717, 1.165) is 16.5 Å². The van der Waals surface area contributed by atoms with Gasteiger partial charge in [0, 0.05) is 5.38 Å². The van der Waals surface area contributed by atoms with Crippen molar-refractivity contribution in [2.75, 3.05) is 11.9 Å². The average Bonchev–Trinajstić information content (AvgIpc) is 3.24. The highest BCUT2D eigenvalue weighted by molar-refractivity contribution is 7.13. The van der Waals surface area contributed by atoms with Crippen molar-refractivity contribution < 1.29 is 18.7 Å². The Labute approximate surface area is 135 Å². The van der Waals surface area contributed by atoms with Gasteiger partial charge in [-0.15, -0.1) is 11.3 Å². The Morgan fingerprint density at radius 1 is 1.30 bits per heavy atom. The third-order valence-electron chi connectivity index (χ3n) is 3.27. The zero-order valence-electron chi connectivity index (χ0n) is 11.9. The summed E-state index contributed by atoms with van der Waals surface area (Å²) in [6, 6.07) is 9.09. The van der Waals surface area contributed by atoms with Gasteiger partial charge in [-0.25, -0.2) is 4.98 Å². The van der Waals surface area contributed by atoms with Gasteiger partial charge in [0.15, 0.2) is 17.4 Å². The van der Waals surface area contributed by atoms with Crippen LogP contribution < -0.4 is 14.8 Å². The standard InChI is InChI=1S/C16H12N2O4S/c19-14-8-22-12-4-1-3-11(15(12)18-14)21-7-10-9-23-16(17-10)13-5-2-6-20-13/h1-6,9H,7-8H2,(H,18,19). The third kappa shape index (κ3) is 2.78. The second-order valence-corrected chi connectivity index (χ2v) is 5.73. The first-order chi connectivity index (χ1) is 11.3. The van der Waals surface area contributed by atoms with Crippen LogP contribution in [0.5, 0.6) is 11.5 Å². The SMILES string of the molecule is O=C1COc2cccc(OCc3csc(-c4ccco4)n3)c2N1. The number of hydrogen-bond donors (Lipinski definition) is 1. The second kappa shape index (κ2) is 5.77. The largest absolute Gasteiger partial charge is 0.485 e. The summed E-state index contributed by atoms with van der Waals surface area (Å²) in [5.74, 6) is 1.71. The number of nitrogens with zero attached hydrogens (tertiary/aromatic N) is 1. The molecule has 2 aromatic heterocycles. The van der Waals surface area contributed by atoms with Crippen LogP contribution >= 0.6 is 11.3 Å². The Morgan fingerprint density at radius 3 is 3.13 bits per heavy atom. The van der Waals surface area contributed by atoms with Crippen molar-refractivity contribution in [2.24, 2.45) is 0 Å². The molecule has 4 rings (SSSR count). The normalized spacial score (nSPS) is 13.1. The van der Waals surface area contributed by atoms with Crippen molar-refractivity contribution in [1.29, 1.82) is 0 Å². The van der Waals surface area contributed by atoms with Gasteiger partial charge >= 0.3 is 0 Å². The Bertz CT molecular complexity index is 842. The minimum absolute atomic E-state index is 0.0229. The molecule has 0 fully saturated rings. The predicted molar refractivity (Wildman–Crippen MR) is 84.7 cm³/mol. The minimum Gasteiger partial charge on any atom is -0.485 e. The molecule has 116 valence electrons. The molecule has 0 bridgehead atoms. The lowest BCUT2D eigenvalue weighted by Gasteiger charge is -2.20. The number of carbonyl (C=O) groups is 1. The van der Waals surface area contributed by atoms with E-state index in [1.807, 2.05) is 23.6 Å². The third-order valence-corrected chi connectivity index (χ3v) is 4.18. The molecule has 1 aliphatic rings. The monoisotopic (exact) mass is 328 g/mol. The first-order valence-corrected chi connectivity index (χ1v) is 7.84. The van der Waals surface area contributed by atoms with Crippen LogP contribution in [0.25, 0.3) is 10.8 Å². The summed E-state index contributed by atoms with van der Waals surface area (Å²) in [7, 11) is 0. The summed E-state index contributed by atoms with van der Waals surface area (Å²) in [6.45, 7) is 0.318. The molecule has 0 aliphatic carbocycles. The lowest BCUT2D eigenvalue weighted by molar-refractivity contribution is -0.118. The fraction of sp³-hybridized carbons (Fsp3) is 0.125. The quantitative estimate of drug-likeness (QED) is 0.795. The van der Waals surface area contributed by atoms with E-state index in [2.05, 4.69) is 10.3 Å². The lowest BCUT2D eigenvalue weighted by atomic mass is 10.2. The van der Waals surface area contributed by atoms with Crippen molar-refractivity contribution in [3.63, 3.8) is 0 Å². The molecule has 1 aliphatic heterocycles. The molecular formula is C16H12N2O4S. The summed E-state index contributed by atoms with van der Waals surface area (Å²) >= 11 is 1.49. The zero-order chi connectivity index (χ0) is 15.6. The maximum atomic E-state index is 11.5. The van der Waals surface area contributed by atoms with Gasteiger partial charge < -0.3 is 19.2 Å². The van der Waals surface area contributed by atoms with Crippen LogP contribution in [-0.4, -0.2) is 17.5 Å². The van der Waals surface area contributed by atoms with Gasteiger partial charge in [-0.05, 0) is 24.3 Å². The van der Waals surface area contributed by atoms with Crippen LogP contribution in [0.3, 0.4) is 0 Å². The number of amides is 1. The van der Waals surface area contributed by atoms with Crippen LogP contribution in [-0.2, 0) is 11.4 Å². The number of fused-ring (bicyclic) bond motifs is 1. The van der Waals surface area contributed by atoms with Crippen LogP contribution in [0.2, 0.25) is 0 Å². The summed E-state index contributed by atoms with van der Waals surface area (Å²) in [4.78, 5) is 16.0. The predicted octanol–water partition coefficient (Wildman–Crippen LogP) is 3.31. The van der Waals surface area contributed by atoms with E-state index in [1.54, 1.807) is 18.4 Å². The molecule has 1 N–H and O–H groups in total. The summed E-state index contributed by atoms with van der Waals surface area (Å²) in [5.41, 5.74) is 1.35. The van der Waals surface area contributed by atoms with E-state index in [4.69, 9.17) is 13.9 Å². The number of carbonyl (C=O) groups excluding carboxylic acids is 1. The molecule has 6 nitrogen and oxygen atoms in total. The van der Waals surface area contributed by atoms with Gasteiger partial charge in [-0.3, -0.25) is 4.79 Å². The number of benzene rings is 1. The Kier molecular flexibility index (Phi) is 3.47. The summed E-state index contributed by atoms with van der Waals surface area (Å²) in [5, 5.41) is 5.50. The van der Waals surface area contributed by atoms with Crippen molar-refractivity contribution in [3.05, 3.63) is 47.7 Å². The molecule has 0 spiro atoms. The van der Waals surface area contributed by atoms with Crippen LogP contribution in [0.15, 0.2) is 46.4 Å². The smallest absolute Gasteiger partial charge is 0.262 e. The molecular weight excluding hydrogens is 316 g/mol. The van der Waals surface area contributed by atoms with Gasteiger partial charge in [0.25, 0.3) is 5.91 Å². The van der Waals surface area contributed by atoms with E-state index in [1.165, 1.54) is 11.3 Å². The molecule has 1 amide bonds. The molecule has 0 atom stereocenters. The summed E-state index contributed by atoms with van der Waals surface area (Å²) in [6.07, 6.45) is 1.62. The Hall–Kier alpha value is -2.80. The first-order valence-electron chi connectivity index (χ1n) is 6.96. The minimum atomic E-state index is -0.192. The van der Waals surface area contributed by atoms with Gasteiger partial charge in [0.1, 0.15) is 23.8 Å². The molecule has 0 saturated carbocycles. The highest BCUT2D eigenvalue weighted by atomic mass is 32.1. The number of nitrogens with one attached hydrogen (secondary N) is 1. The topological polar surface area (TPSA) is 73.6 Å². The van der Waals surface area contributed by atoms with Gasteiger partial charge in [0.05, 0.1) is 12.0 Å². The highest BCUT2D eigenvalue weighted by Crippen LogP contribution is 2.37. The van der Waals surface area contributed by atoms with E-state index in [0.29, 0.717) is 23.8 Å². The molecule has 7 heteroatoms. The number of ether oxygens (including phenoxy) is 2. The maximum Gasteiger partial charge on any atom is 0.262 e. The number of para-hydroxylation sites is 1. The van der Waals surface area contributed by atoms with E-state index in [-0.39, 0.29) is 12.5 Å². The van der Waals surface area contributed by atoms with Gasteiger partial charge in [-0.1, -0.05) is 6.07 Å².